The molecule has 0 saturated heterocycles. The first-order valence-electron chi connectivity index (χ1n) is 7.32. The summed E-state index contributed by atoms with van der Waals surface area (Å²) in [5.41, 5.74) is 0. The standard InChI is InChI=1S/C14H28N2OS/c1-18-11-7-3-6-10-15-12-14(17)16-13-8-4-2-5-9-13/h13,15H,2-12H2,1H3,(H,16,17). The van der Waals surface area contributed by atoms with E-state index in [-0.39, 0.29) is 5.91 Å². The second-order valence-electron chi connectivity index (χ2n) is 5.13. The van der Waals surface area contributed by atoms with Gasteiger partial charge in [0, 0.05) is 6.04 Å². The average Bonchev–Trinajstić information content (AvgIpc) is 2.39. The van der Waals surface area contributed by atoms with Gasteiger partial charge in [0.15, 0.2) is 0 Å². The Morgan fingerprint density at radius 1 is 1.17 bits per heavy atom. The lowest BCUT2D eigenvalue weighted by Gasteiger charge is -2.22. The minimum absolute atomic E-state index is 0.172. The van der Waals surface area contributed by atoms with Crippen molar-refractivity contribution in [1.29, 1.82) is 0 Å². The molecule has 1 saturated carbocycles. The molecule has 0 aromatic heterocycles. The second kappa shape index (κ2) is 10.7. The number of hydrogen-bond donors (Lipinski definition) is 2. The van der Waals surface area contributed by atoms with Gasteiger partial charge >= 0.3 is 0 Å². The molecule has 0 aliphatic heterocycles. The van der Waals surface area contributed by atoms with Gasteiger partial charge in [0.05, 0.1) is 6.54 Å². The molecular weight excluding hydrogens is 244 g/mol. The summed E-state index contributed by atoms with van der Waals surface area (Å²) in [4.78, 5) is 11.7. The largest absolute Gasteiger partial charge is 0.352 e. The fourth-order valence-electron chi connectivity index (χ4n) is 2.40. The van der Waals surface area contributed by atoms with Gasteiger partial charge in [-0.3, -0.25) is 4.79 Å². The minimum atomic E-state index is 0.172. The monoisotopic (exact) mass is 272 g/mol. The van der Waals surface area contributed by atoms with Crippen molar-refractivity contribution in [3.05, 3.63) is 0 Å². The Morgan fingerprint density at radius 3 is 2.67 bits per heavy atom. The highest BCUT2D eigenvalue weighted by Crippen LogP contribution is 2.17. The quantitative estimate of drug-likeness (QED) is 0.634. The highest BCUT2D eigenvalue weighted by Gasteiger charge is 2.14. The number of rotatable bonds is 9. The van der Waals surface area contributed by atoms with E-state index < -0.39 is 0 Å². The number of amides is 1. The van der Waals surface area contributed by atoms with Gasteiger partial charge in [0.25, 0.3) is 0 Å². The topological polar surface area (TPSA) is 41.1 Å². The molecule has 4 heteroatoms. The molecule has 1 amide bonds. The van der Waals surface area contributed by atoms with Gasteiger partial charge in [-0.1, -0.05) is 25.7 Å². The Hall–Kier alpha value is -0.220. The Bertz CT molecular complexity index is 218. The van der Waals surface area contributed by atoms with Crippen LogP contribution < -0.4 is 10.6 Å². The van der Waals surface area contributed by atoms with E-state index >= 15 is 0 Å². The van der Waals surface area contributed by atoms with E-state index in [1.807, 2.05) is 11.8 Å². The summed E-state index contributed by atoms with van der Waals surface area (Å²) in [7, 11) is 0. The Labute approximate surface area is 116 Å². The zero-order valence-corrected chi connectivity index (χ0v) is 12.5. The molecule has 18 heavy (non-hydrogen) atoms. The van der Waals surface area contributed by atoms with Gasteiger partial charge in [-0.05, 0) is 44.2 Å². The molecule has 0 bridgehead atoms. The van der Waals surface area contributed by atoms with Crippen LogP contribution >= 0.6 is 11.8 Å². The first-order valence-corrected chi connectivity index (χ1v) is 8.71. The number of nitrogens with one attached hydrogen (secondary N) is 2. The number of hydrogen-bond acceptors (Lipinski definition) is 3. The predicted octanol–water partition coefficient (Wildman–Crippen LogP) is 2.56. The van der Waals surface area contributed by atoms with Crippen LogP contribution in [0.2, 0.25) is 0 Å². The van der Waals surface area contributed by atoms with Crippen molar-refractivity contribution >= 4 is 17.7 Å². The van der Waals surface area contributed by atoms with Crippen molar-refractivity contribution in [2.24, 2.45) is 0 Å². The van der Waals surface area contributed by atoms with Gasteiger partial charge < -0.3 is 10.6 Å². The van der Waals surface area contributed by atoms with Gasteiger partial charge in [0.1, 0.15) is 0 Å². The van der Waals surface area contributed by atoms with E-state index in [1.165, 1.54) is 57.1 Å². The summed E-state index contributed by atoms with van der Waals surface area (Å²) in [5, 5.41) is 6.36. The molecule has 0 heterocycles. The van der Waals surface area contributed by atoms with Gasteiger partial charge in [0.2, 0.25) is 5.91 Å². The third-order valence-corrected chi connectivity index (χ3v) is 4.15. The molecule has 0 aromatic rings. The molecule has 1 fully saturated rings. The number of carbonyl (C=O) groups is 1. The maximum atomic E-state index is 11.7. The summed E-state index contributed by atoms with van der Waals surface area (Å²) in [6.07, 6.45) is 12.1. The van der Waals surface area contributed by atoms with Crippen LogP contribution in [0.3, 0.4) is 0 Å². The molecule has 2 N–H and O–H groups in total. The Morgan fingerprint density at radius 2 is 1.94 bits per heavy atom. The lowest BCUT2D eigenvalue weighted by atomic mass is 9.95. The predicted molar refractivity (Wildman–Crippen MR) is 80.1 cm³/mol. The molecule has 1 rings (SSSR count). The Kier molecular flexibility index (Phi) is 9.40. The first-order chi connectivity index (χ1) is 8.83. The normalized spacial score (nSPS) is 16.7. The van der Waals surface area contributed by atoms with Crippen LogP contribution in [-0.4, -0.2) is 37.0 Å². The molecule has 0 spiro atoms. The van der Waals surface area contributed by atoms with Crippen molar-refractivity contribution < 1.29 is 4.79 Å². The summed E-state index contributed by atoms with van der Waals surface area (Å²) in [6.45, 7) is 1.45. The summed E-state index contributed by atoms with van der Waals surface area (Å²) >= 11 is 1.91. The third kappa shape index (κ3) is 7.98. The van der Waals surface area contributed by atoms with E-state index in [4.69, 9.17) is 0 Å². The first kappa shape index (κ1) is 15.8. The van der Waals surface area contributed by atoms with Crippen LogP contribution in [0.25, 0.3) is 0 Å². The van der Waals surface area contributed by atoms with Crippen LogP contribution in [0.1, 0.15) is 51.4 Å². The Balaban J connectivity index is 1.90. The van der Waals surface area contributed by atoms with Crippen molar-refractivity contribution in [3.63, 3.8) is 0 Å². The summed E-state index contributed by atoms with van der Waals surface area (Å²) < 4.78 is 0. The lowest BCUT2D eigenvalue weighted by molar-refractivity contribution is -0.121. The molecular formula is C14H28N2OS. The van der Waals surface area contributed by atoms with Crippen molar-refractivity contribution in [2.45, 2.75) is 57.4 Å². The van der Waals surface area contributed by atoms with Gasteiger partial charge in [-0.25, -0.2) is 0 Å². The van der Waals surface area contributed by atoms with E-state index in [0.717, 1.165) is 6.54 Å². The molecule has 0 unspecified atom stereocenters. The molecule has 0 aromatic carbocycles. The van der Waals surface area contributed by atoms with Crippen LogP contribution in [-0.2, 0) is 4.79 Å². The van der Waals surface area contributed by atoms with E-state index in [1.54, 1.807) is 0 Å². The summed E-state index contributed by atoms with van der Waals surface area (Å²) in [6, 6.07) is 0.439. The molecule has 1 aliphatic rings. The minimum Gasteiger partial charge on any atom is -0.352 e. The average molecular weight is 272 g/mol. The van der Waals surface area contributed by atoms with Gasteiger partial charge in [-0.15, -0.1) is 0 Å². The molecule has 106 valence electrons. The lowest BCUT2D eigenvalue weighted by Crippen LogP contribution is -2.41. The maximum absolute atomic E-state index is 11.7. The molecule has 3 nitrogen and oxygen atoms in total. The van der Waals surface area contributed by atoms with E-state index in [0.29, 0.717) is 12.6 Å². The summed E-state index contributed by atoms with van der Waals surface area (Å²) in [5.74, 6) is 1.42. The van der Waals surface area contributed by atoms with Crippen molar-refractivity contribution in [2.75, 3.05) is 25.1 Å². The van der Waals surface area contributed by atoms with Crippen LogP contribution in [0.15, 0.2) is 0 Å². The maximum Gasteiger partial charge on any atom is 0.234 e. The van der Waals surface area contributed by atoms with Crippen molar-refractivity contribution in [3.8, 4) is 0 Å². The fraction of sp³-hybridized carbons (Fsp3) is 0.929. The van der Waals surface area contributed by atoms with Crippen LogP contribution in [0.5, 0.6) is 0 Å². The molecule has 1 aliphatic carbocycles. The zero-order valence-electron chi connectivity index (χ0n) is 11.7. The fourth-order valence-corrected chi connectivity index (χ4v) is 2.89. The van der Waals surface area contributed by atoms with Crippen LogP contribution in [0.4, 0.5) is 0 Å². The molecule has 0 radical (unpaired) electrons. The zero-order chi connectivity index (χ0) is 13.1. The van der Waals surface area contributed by atoms with Crippen LogP contribution in [0, 0.1) is 0 Å². The smallest absolute Gasteiger partial charge is 0.234 e. The third-order valence-electron chi connectivity index (χ3n) is 3.46. The highest BCUT2D eigenvalue weighted by atomic mass is 32.2. The second-order valence-corrected chi connectivity index (χ2v) is 6.12. The number of carbonyl (C=O) groups excluding carboxylic acids is 1. The number of thioether (sulfide) groups is 1. The highest BCUT2D eigenvalue weighted by molar-refractivity contribution is 7.98. The van der Waals surface area contributed by atoms with E-state index in [2.05, 4.69) is 16.9 Å². The number of unbranched alkanes of at least 4 members (excludes halogenated alkanes) is 2. The SMILES string of the molecule is CSCCCCCNCC(=O)NC1CCCCC1. The van der Waals surface area contributed by atoms with Crippen molar-refractivity contribution in [1.82, 2.24) is 10.6 Å². The van der Waals surface area contributed by atoms with Gasteiger partial charge in [-0.2, -0.15) is 11.8 Å². The molecule has 0 atom stereocenters. The van der Waals surface area contributed by atoms with E-state index in [9.17, 15) is 4.79 Å².